The summed E-state index contributed by atoms with van der Waals surface area (Å²) in [5, 5.41) is 2.39. The van der Waals surface area contributed by atoms with Crippen LogP contribution in [0.25, 0.3) is 0 Å². The van der Waals surface area contributed by atoms with Crippen LogP contribution in [0.5, 0.6) is 0 Å². The van der Waals surface area contributed by atoms with Crippen LogP contribution < -0.4 is 10.0 Å². The van der Waals surface area contributed by atoms with Crippen molar-refractivity contribution in [2.75, 3.05) is 10.0 Å². The van der Waals surface area contributed by atoms with E-state index in [-0.39, 0.29) is 16.4 Å². The van der Waals surface area contributed by atoms with Gasteiger partial charge >= 0.3 is 0 Å². The van der Waals surface area contributed by atoms with E-state index in [1.165, 1.54) is 22.8 Å². The van der Waals surface area contributed by atoms with E-state index >= 15 is 0 Å². The zero-order chi connectivity index (χ0) is 20.6. The van der Waals surface area contributed by atoms with Crippen molar-refractivity contribution < 1.29 is 21.6 Å². The van der Waals surface area contributed by atoms with Gasteiger partial charge in [0.15, 0.2) is 16.7 Å². The Morgan fingerprint density at radius 2 is 1.64 bits per heavy atom. The highest BCUT2D eigenvalue weighted by Crippen LogP contribution is 2.33. The Bertz CT molecular complexity index is 1160. The fourth-order valence-corrected chi connectivity index (χ4v) is 4.31. The first-order valence-corrected chi connectivity index (χ1v) is 10.5. The molecule has 1 heterocycles. The average Bonchev–Trinajstić information content (AvgIpc) is 2.96. The summed E-state index contributed by atoms with van der Waals surface area (Å²) in [5.41, 5.74) is -0.199. The molecule has 0 aliphatic heterocycles. The van der Waals surface area contributed by atoms with Crippen molar-refractivity contribution in [1.82, 2.24) is 4.57 Å². The number of nitrogens with one attached hydrogen (secondary N) is 2. The first kappa shape index (κ1) is 20.5. The molecule has 2 N–H and O–H groups in total. The van der Waals surface area contributed by atoms with Gasteiger partial charge in [-0.1, -0.05) is 0 Å². The smallest absolute Gasteiger partial charge is 0.277 e. The molecule has 148 valence electrons. The number of hydrogen-bond donors (Lipinski definition) is 2. The molecule has 0 aliphatic rings. The molecule has 0 atom stereocenters. The summed E-state index contributed by atoms with van der Waals surface area (Å²) >= 11 is 1.91. The summed E-state index contributed by atoms with van der Waals surface area (Å²) in [5.74, 6) is -3.23. The number of hydrogen-bond acceptors (Lipinski definition) is 3. The number of nitrogens with zero attached hydrogens (tertiary/aromatic N) is 1. The van der Waals surface area contributed by atoms with Crippen LogP contribution in [0.3, 0.4) is 0 Å². The zero-order valence-corrected chi connectivity index (χ0v) is 17.7. The zero-order valence-electron chi connectivity index (χ0n) is 14.7. The highest BCUT2D eigenvalue weighted by molar-refractivity contribution is 14.1. The molecule has 0 spiro atoms. The third kappa shape index (κ3) is 3.97. The summed E-state index contributed by atoms with van der Waals surface area (Å²) in [6.07, 6.45) is 0. The summed E-state index contributed by atoms with van der Waals surface area (Å²) in [4.78, 5) is 0. The monoisotopic (exact) mass is 521 g/mol. The summed E-state index contributed by atoms with van der Waals surface area (Å²) in [7, 11) is -2.53. The average molecular weight is 521 g/mol. The Kier molecular flexibility index (Phi) is 5.62. The molecule has 28 heavy (non-hydrogen) atoms. The predicted octanol–water partition coefficient (Wildman–Crippen LogP) is 4.90. The molecule has 5 nitrogen and oxygen atoms in total. The van der Waals surface area contributed by atoms with Gasteiger partial charge in [0.25, 0.3) is 10.0 Å². The lowest BCUT2D eigenvalue weighted by Gasteiger charge is -2.16. The molecule has 0 saturated carbocycles. The number of benzene rings is 2. The maximum absolute atomic E-state index is 14.4. The van der Waals surface area contributed by atoms with E-state index < -0.39 is 33.2 Å². The SMILES string of the molecule is Cc1ccc(S(=O)(=O)Nc2ccc(F)c(F)c2Nc2ccc(I)cc2F)n1C. The van der Waals surface area contributed by atoms with E-state index in [0.717, 1.165) is 12.1 Å². The number of rotatable bonds is 5. The van der Waals surface area contributed by atoms with Gasteiger partial charge in [0.2, 0.25) is 0 Å². The molecule has 0 bridgehead atoms. The second-order valence-electron chi connectivity index (χ2n) is 6.01. The van der Waals surface area contributed by atoms with Crippen LogP contribution in [0.4, 0.5) is 30.2 Å². The molecular weight excluding hydrogens is 506 g/mol. The number of aromatic nitrogens is 1. The molecule has 0 amide bonds. The summed E-state index contributed by atoms with van der Waals surface area (Å²) in [6, 6.07) is 8.98. The summed E-state index contributed by atoms with van der Waals surface area (Å²) in [6.45, 7) is 1.73. The van der Waals surface area contributed by atoms with E-state index in [2.05, 4.69) is 10.0 Å². The Morgan fingerprint density at radius 3 is 2.25 bits per heavy atom. The van der Waals surface area contributed by atoms with Crippen molar-refractivity contribution >= 4 is 49.7 Å². The Balaban J connectivity index is 2.05. The van der Waals surface area contributed by atoms with Crippen LogP contribution in [0.2, 0.25) is 0 Å². The van der Waals surface area contributed by atoms with Crippen LogP contribution >= 0.6 is 22.6 Å². The highest BCUT2D eigenvalue weighted by atomic mass is 127. The number of sulfonamides is 1. The van der Waals surface area contributed by atoms with Gasteiger partial charge in [-0.15, -0.1) is 0 Å². The molecule has 10 heteroatoms. The molecule has 3 rings (SSSR count). The molecule has 0 saturated heterocycles. The van der Waals surface area contributed by atoms with Crippen LogP contribution in [0.15, 0.2) is 47.5 Å². The summed E-state index contributed by atoms with van der Waals surface area (Å²) < 4.78 is 72.0. The van der Waals surface area contributed by atoms with E-state index in [1.807, 2.05) is 22.6 Å². The van der Waals surface area contributed by atoms with Crippen LogP contribution in [-0.4, -0.2) is 13.0 Å². The third-order valence-electron chi connectivity index (χ3n) is 4.13. The number of aryl methyl sites for hydroxylation is 1. The maximum Gasteiger partial charge on any atom is 0.277 e. The first-order chi connectivity index (χ1) is 13.1. The lowest BCUT2D eigenvalue weighted by Crippen LogP contribution is -2.18. The molecule has 2 aromatic carbocycles. The Morgan fingerprint density at radius 1 is 0.964 bits per heavy atom. The van der Waals surface area contributed by atoms with Gasteiger partial charge in [0.05, 0.1) is 11.4 Å². The van der Waals surface area contributed by atoms with Crippen LogP contribution in [-0.2, 0) is 17.1 Å². The quantitative estimate of drug-likeness (QED) is 0.470. The van der Waals surface area contributed by atoms with Crippen LogP contribution in [0.1, 0.15) is 5.69 Å². The van der Waals surface area contributed by atoms with Crippen molar-refractivity contribution in [3.8, 4) is 0 Å². The molecule has 1 aromatic heterocycles. The van der Waals surface area contributed by atoms with Gasteiger partial charge in [-0.05, 0) is 72.0 Å². The van der Waals surface area contributed by atoms with Crippen LogP contribution in [0, 0.1) is 27.9 Å². The minimum absolute atomic E-state index is 0.0545. The number of anilines is 3. The fourth-order valence-electron chi connectivity index (χ4n) is 2.54. The Labute approximate surface area is 173 Å². The van der Waals surface area contributed by atoms with Gasteiger partial charge in [0.1, 0.15) is 11.5 Å². The maximum atomic E-state index is 14.4. The number of halogens is 4. The lowest BCUT2D eigenvalue weighted by atomic mass is 10.2. The van der Waals surface area contributed by atoms with Crippen molar-refractivity contribution in [1.29, 1.82) is 0 Å². The van der Waals surface area contributed by atoms with Crippen molar-refractivity contribution in [3.05, 3.63) is 69.2 Å². The van der Waals surface area contributed by atoms with Gasteiger partial charge in [0, 0.05) is 16.3 Å². The van der Waals surface area contributed by atoms with E-state index in [4.69, 9.17) is 0 Å². The van der Waals surface area contributed by atoms with Gasteiger partial charge < -0.3 is 9.88 Å². The minimum atomic E-state index is -4.10. The van der Waals surface area contributed by atoms with Crippen molar-refractivity contribution in [2.45, 2.75) is 11.9 Å². The molecule has 0 unspecified atom stereocenters. The fraction of sp³-hybridized carbons (Fsp3) is 0.111. The van der Waals surface area contributed by atoms with Gasteiger partial charge in [-0.2, -0.15) is 8.42 Å². The molecule has 0 aliphatic carbocycles. The standard InChI is InChI=1S/C18H15F3IN3O2S/c1-10-3-8-16(25(10)2)28(26,27)24-15-7-5-12(19)17(21)18(15)23-14-6-4-11(22)9-13(14)20/h3-9,23-24H,1-2H3. The van der Waals surface area contributed by atoms with Crippen molar-refractivity contribution in [3.63, 3.8) is 0 Å². The first-order valence-electron chi connectivity index (χ1n) is 7.95. The lowest BCUT2D eigenvalue weighted by molar-refractivity contribution is 0.512. The Hall–Kier alpha value is -2.21. The van der Waals surface area contributed by atoms with E-state index in [0.29, 0.717) is 9.26 Å². The van der Waals surface area contributed by atoms with E-state index in [9.17, 15) is 21.6 Å². The second-order valence-corrected chi connectivity index (χ2v) is 8.89. The minimum Gasteiger partial charge on any atom is -0.349 e. The molecule has 3 aromatic rings. The topological polar surface area (TPSA) is 63.1 Å². The van der Waals surface area contributed by atoms with Gasteiger partial charge in [-0.3, -0.25) is 4.72 Å². The molecular formula is C18H15F3IN3O2S. The third-order valence-corrected chi connectivity index (χ3v) is 6.25. The van der Waals surface area contributed by atoms with Crippen molar-refractivity contribution in [2.24, 2.45) is 7.05 Å². The van der Waals surface area contributed by atoms with Gasteiger partial charge in [-0.25, -0.2) is 13.2 Å². The highest BCUT2D eigenvalue weighted by Gasteiger charge is 2.23. The van der Waals surface area contributed by atoms with E-state index in [1.54, 1.807) is 26.1 Å². The molecule has 0 fully saturated rings. The molecule has 0 radical (unpaired) electrons. The normalized spacial score (nSPS) is 11.5. The second kappa shape index (κ2) is 7.66. The predicted molar refractivity (Wildman–Crippen MR) is 110 cm³/mol. The largest absolute Gasteiger partial charge is 0.349 e.